The Morgan fingerprint density at radius 2 is 1.90 bits per heavy atom. The Kier molecular flexibility index (Phi) is 3.93. The molecule has 3 nitrogen and oxygen atoms in total. The number of likely N-dealkylation sites (tertiary alicyclic amines) is 1. The van der Waals surface area contributed by atoms with Crippen molar-refractivity contribution in [2.75, 3.05) is 26.2 Å². The molecule has 1 aromatic carbocycles. The van der Waals surface area contributed by atoms with E-state index in [-0.39, 0.29) is 5.91 Å². The van der Waals surface area contributed by atoms with Crippen molar-refractivity contribution in [3.05, 3.63) is 33.8 Å². The maximum Gasteiger partial charge on any atom is 0.253 e. The van der Waals surface area contributed by atoms with E-state index < -0.39 is 0 Å². The summed E-state index contributed by atoms with van der Waals surface area (Å²) in [5, 5.41) is 4.31. The summed E-state index contributed by atoms with van der Waals surface area (Å²) in [6, 6.07) is 5.11. The van der Waals surface area contributed by atoms with Gasteiger partial charge in [-0.2, -0.15) is 0 Å². The van der Waals surface area contributed by atoms with Gasteiger partial charge in [-0.25, -0.2) is 0 Å². The normalized spacial score (nSPS) is 21.4. The van der Waals surface area contributed by atoms with Crippen LogP contribution >= 0.6 is 23.2 Å². The van der Waals surface area contributed by atoms with Gasteiger partial charge in [-0.1, -0.05) is 23.2 Å². The minimum atomic E-state index is 0.0685. The van der Waals surface area contributed by atoms with E-state index >= 15 is 0 Å². The molecule has 0 unspecified atom stereocenters. The predicted octanol–water partition coefficient (Wildman–Crippen LogP) is 3.21. The zero-order valence-electron chi connectivity index (χ0n) is 11.3. The minimum Gasteiger partial charge on any atom is -0.338 e. The minimum absolute atomic E-state index is 0.0685. The first-order chi connectivity index (χ1) is 9.60. The molecule has 20 heavy (non-hydrogen) atoms. The molecule has 0 aliphatic carbocycles. The monoisotopic (exact) mass is 312 g/mol. The molecular formula is C15H18Cl2N2O. The molecule has 1 N–H and O–H groups in total. The maximum absolute atomic E-state index is 12.5. The van der Waals surface area contributed by atoms with Gasteiger partial charge in [0.2, 0.25) is 0 Å². The lowest BCUT2D eigenvalue weighted by Crippen LogP contribution is -2.39. The molecule has 5 heteroatoms. The van der Waals surface area contributed by atoms with E-state index in [2.05, 4.69) is 5.32 Å². The lowest BCUT2D eigenvalue weighted by atomic mass is 9.78. The second-order valence-electron chi connectivity index (χ2n) is 5.86. The van der Waals surface area contributed by atoms with Crippen molar-refractivity contribution in [3.8, 4) is 0 Å². The molecule has 108 valence electrons. The average Bonchev–Trinajstić information content (AvgIpc) is 2.85. The molecule has 0 atom stereocenters. The summed E-state index contributed by atoms with van der Waals surface area (Å²) >= 11 is 11.9. The summed E-state index contributed by atoms with van der Waals surface area (Å²) in [5.41, 5.74) is 0.960. The van der Waals surface area contributed by atoms with E-state index in [0.29, 0.717) is 21.0 Å². The smallest absolute Gasteiger partial charge is 0.253 e. The van der Waals surface area contributed by atoms with Gasteiger partial charge >= 0.3 is 0 Å². The third-order valence-electron chi connectivity index (χ3n) is 4.56. The molecule has 0 saturated carbocycles. The van der Waals surface area contributed by atoms with Crippen molar-refractivity contribution in [1.29, 1.82) is 0 Å². The Bertz CT molecular complexity index is 527. The number of halogens is 2. The highest BCUT2D eigenvalue weighted by atomic mass is 35.5. The molecule has 0 bridgehead atoms. The second kappa shape index (κ2) is 5.55. The number of nitrogens with zero attached hydrogens (tertiary/aromatic N) is 1. The third kappa shape index (κ3) is 2.67. The van der Waals surface area contributed by atoms with Crippen molar-refractivity contribution in [2.24, 2.45) is 5.41 Å². The fourth-order valence-electron chi connectivity index (χ4n) is 3.29. The van der Waals surface area contributed by atoms with E-state index in [9.17, 15) is 4.79 Å². The van der Waals surface area contributed by atoms with Crippen LogP contribution in [-0.4, -0.2) is 37.0 Å². The van der Waals surface area contributed by atoms with Gasteiger partial charge in [0.15, 0.2) is 0 Å². The first-order valence-electron chi connectivity index (χ1n) is 7.05. The summed E-state index contributed by atoms with van der Waals surface area (Å²) in [4.78, 5) is 14.5. The molecule has 2 aliphatic rings. The van der Waals surface area contributed by atoms with E-state index in [4.69, 9.17) is 23.2 Å². The molecule has 3 rings (SSSR count). The van der Waals surface area contributed by atoms with Crippen molar-refractivity contribution >= 4 is 29.1 Å². The predicted molar refractivity (Wildman–Crippen MR) is 81.5 cm³/mol. The number of nitrogens with one attached hydrogen (secondary N) is 1. The molecule has 0 aromatic heterocycles. The van der Waals surface area contributed by atoms with Crippen LogP contribution < -0.4 is 5.32 Å². The Labute approximate surface area is 129 Å². The third-order valence-corrected chi connectivity index (χ3v) is 5.30. The molecule has 0 radical (unpaired) electrons. The number of hydrogen-bond donors (Lipinski definition) is 1. The van der Waals surface area contributed by atoms with E-state index in [1.54, 1.807) is 18.2 Å². The second-order valence-corrected chi connectivity index (χ2v) is 6.67. The number of hydrogen-bond acceptors (Lipinski definition) is 2. The fourth-order valence-corrected chi connectivity index (χ4v) is 3.58. The highest BCUT2D eigenvalue weighted by molar-refractivity contribution is 6.42. The number of amides is 1. The Hall–Kier alpha value is -0.770. The Morgan fingerprint density at radius 3 is 2.60 bits per heavy atom. The van der Waals surface area contributed by atoms with Crippen LogP contribution in [0.25, 0.3) is 0 Å². The standard InChI is InChI=1S/C15H18Cl2N2O/c16-12-2-1-11(9-13(12)17)14(20)19-8-5-15(10-19)3-6-18-7-4-15/h1-2,9,18H,3-8,10H2. The highest BCUT2D eigenvalue weighted by Crippen LogP contribution is 2.39. The summed E-state index contributed by atoms with van der Waals surface area (Å²) in [6.45, 7) is 3.84. The zero-order valence-corrected chi connectivity index (χ0v) is 12.8. The number of carbonyl (C=O) groups is 1. The van der Waals surface area contributed by atoms with Gasteiger partial charge in [0.25, 0.3) is 5.91 Å². The summed E-state index contributed by atoms with van der Waals surface area (Å²) in [7, 11) is 0. The fraction of sp³-hybridized carbons (Fsp3) is 0.533. The average molecular weight is 313 g/mol. The van der Waals surface area contributed by atoms with Gasteiger partial charge in [0.05, 0.1) is 10.0 Å². The summed E-state index contributed by atoms with van der Waals surface area (Å²) < 4.78 is 0. The van der Waals surface area contributed by atoms with Crippen LogP contribution in [0.1, 0.15) is 29.6 Å². The van der Waals surface area contributed by atoms with Gasteiger partial charge in [0, 0.05) is 18.7 Å². The summed E-state index contributed by atoms with van der Waals surface area (Å²) in [5.74, 6) is 0.0685. The largest absolute Gasteiger partial charge is 0.338 e. The van der Waals surface area contributed by atoms with E-state index in [1.165, 1.54) is 0 Å². The van der Waals surface area contributed by atoms with Gasteiger partial charge in [-0.05, 0) is 56.0 Å². The van der Waals surface area contributed by atoms with Crippen LogP contribution in [0, 0.1) is 5.41 Å². The number of rotatable bonds is 1. The maximum atomic E-state index is 12.5. The van der Waals surface area contributed by atoms with Crippen LogP contribution in [0.3, 0.4) is 0 Å². The molecule has 1 amide bonds. The van der Waals surface area contributed by atoms with Gasteiger partial charge in [-0.15, -0.1) is 0 Å². The molecule has 2 aliphatic heterocycles. The molecule has 2 fully saturated rings. The number of piperidine rings is 1. The Balaban J connectivity index is 1.73. The lowest BCUT2D eigenvalue weighted by Gasteiger charge is -2.33. The lowest BCUT2D eigenvalue weighted by molar-refractivity contribution is 0.0762. The first-order valence-corrected chi connectivity index (χ1v) is 7.80. The van der Waals surface area contributed by atoms with Crippen LogP contribution in [0.5, 0.6) is 0 Å². The number of carbonyl (C=O) groups excluding carboxylic acids is 1. The highest BCUT2D eigenvalue weighted by Gasteiger charge is 2.40. The molecule has 1 aromatic rings. The van der Waals surface area contributed by atoms with Crippen molar-refractivity contribution < 1.29 is 4.79 Å². The van der Waals surface area contributed by atoms with Crippen molar-refractivity contribution in [2.45, 2.75) is 19.3 Å². The van der Waals surface area contributed by atoms with Gasteiger partial charge in [-0.3, -0.25) is 4.79 Å². The first kappa shape index (κ1) is 14.2. The number of benzene rings is 1. The molecule has 1 spiro atoms. The SMILES string of the molecule is O=C(c1ccc(Cl)c(Cl)c1)N1CCC2(CCNCC2)C1. The van der Waals surface area contributed by atoms with Crippen LogP contribution in [-0.2, 0) is 0 Å². The van der Waals surface area contributed by atoms with Crippen LogP contribution in [0.15, 0.2) is 18.2 Å². The van der Waals surface area contributed by atoms with Crippen LogP contribution in [0.4, 0.5) is 0 Å². The van der Waals surface area contributed by atoms with Gasteiger partial charge < -0.3 is 10.2 Å². The van der Waals surface area contributed by atoms with Crippen molar-refractivity contribution in [3.63, 3.8) is 0 Å². The topological polar surface area (TPSA) is 32.3 Å². The van der Waals surface area contributed by atoms with Gasteiger partial charge in [0.1, 0.15) is 0 Å². The zero-order chi connectivity index (χ0) is 14.2. The molecular weight excluding hydrogens is 295 g/mol. The Morgan fingerprint density at radius 1 is 1.15 bits per heavy atom. The van der Waals surface area contributed by atoms with E-state index in [0.717, 1.165) is 45.4 Å². The summed E-state index contributed by atoms with van der Waals surface area (Å²) in [6.07, 6.45) is 3.44. The quantitative estimate of drug-likeness (QED) is 0.863. The molecule has 2 saturated heterocycles. The molecule has 2 heterocycles. The van der Waals surface area contributed by atoms with E-state index in [1.807, 2.05) is 4.90 Å². The van der Waals surface area contributed by atoms with Crippen molar-refractivity contribution in [1.82, 2.24) is 10.2 Å². The van der Waals surface area contributed by atoms with Crippen LogP contribution in [0.2, 0.25) is 10.0 Å².